The van der Waals surface area contributed by atoms with E-state index >= 15 is 0 Å². The lowest BCUT2D eigenvalue weighted by atomic mass is 10.1. The lowest BCUT2D eigenvalue weighted by Gasteiger charge is -2.31. The monoisotopic (exact) mass is 334 g/mol. The van der Waals surface area contributed by atoms with Crippen LogP contribution in [0.2, 0.25) is 5.02 Å². The summed E-state index contributed by atoms with van der Waals surface area (Å²) in [5, 5.41) is 3.30. The molecule has 2 aromatic carbocycles. The Morgan fingerprint density at radius 2 is 1.87 bits per heavy atom. The van der Waals surface area contributed by atoms with E-state index < -0.39 is 11.7 Å². The van der Waals surface area contributed by atoms with Crippen LogP contribution in [-0.4, -0.2) is 32.2 Å². The normalized spacial score (nSPS) is 14.6. The van der Waals surface area contributed by atoms with Gasteiger partial charge in [0.05, 0.1) is 35.2 Å². The maximum atomic E-state index is 13.8. The SMILES string of the molecule is O=C(Nc1cccc(Cl)c1N1CCOCC1)c1ccccc1F. The molecule has 1 aliphatic heterocycles. The minimum absolute atomic E-state index is 0.000373. The molecule has 1 saturated heterocycles. The summed E-state index contributed by atoms with van der Waals surface area (Å²) in [6.07, 6.45) is 0. The molecule has 1 aliphatic rings. The number of para-hydroxylation sites is 1. The smallest absolute Gasteiger partial charge is 0.258 e. The van der Waals surface area contributed by atoms with E-state index in [0.717, 1.165) is 5.69 Å². The van der Waals surface area contributed by atoms with E-state index in [0.29, 0.717) is 37.0 Å². The fourth-order valence-corrected chi connectivity index (χ4v) is 2.85. The maximum absolute atomic E-state index is 13.8. The van der Waals surface area contributed by atoms with Crippen molar-refractivity contribution in [1.82, 2.24) is 0 Å². The lowest BCUT2D eigenvalue weighted by molar-refractivity contribution is 0.102. The Bertz CT molecular complexity index is 717. The van der Waals surface area contributed by atoms with Crippen molar-refractivity contribution in [3.63, 3.8) is 0 Å². The second-order valence-corrected chi connectivity index (χ2v) is 5.58. The van der Waals surface area contributed by atoms with E-state index in [9.17, 15) is 9.18 Å². The van der Waals surface area contributed by atoms with Gasteiger partial charge < -0.3 is 15.0 Å². The van der Waals surface area contributed by atoms with E-state index in [1.807, 2.05) is 0 Å². The highest BCUT2D eigenvalue weighted by Crippen LogP contribution is 2.34. The highest BCUT2D eigenvalue weighted by Gasteiger charge is 2.20. The van der Waals surface area contributed by atoms with Gasteiger partial charge in [-0.15, -0.1) is 0 Å². The Morgan fingerprint density at radius 1 is 1.13 bits per heavy atom. The second-order valence-electron chi connectivity index (χ2n) is 5.17. The summed E-state index contributed by atoms with van der Waals surface area (Å²) in [4.78, 5) is 14.4. The number of carbonyl (C=O) groups excluding carboxylic acids is 1. The molecule has 4 nitrogen and oxygen atoms in total. The minimum atomic E-state index is -0.556. The van der Waals surface area contributed by atoms with Gasteiger partial charge in [-0.2, -0.15) is 0 Å². The zero-order chi connectivity index (χ0) is 16.2. The summed E-state index contributed by atoms with van der Waals surface area (Å²) in [5.41, 5.74) is 1.30. The standard InChI is InChI=1S/C17H16ClFN2O2/c18-13-5-3-7-15(16(13)21-8-10-23-11-9-21)20-17(22)12-4-1-2-6-14(12)19/h1-7H,8-11H2,(H,20,22). The summed E-state index contributed by atoms with van der Waals surface area (Å²) < 4.78 is 19.1. The van der Waals surface area contributed by atoms with E-state index in [-0.39, 0.29) is 5.56 Å². The maximum Gasteiger partial charge on any atom is 0.258 e. The summed E-state index contributed by atoms with van der Waals surface area (Å²) in [7, 11) is 0. The Labute approximate surface area is 138 Å². The van der Waals surface area contributed by atoms with Gasteiger partial charge in [-0.1, -0.05) is 29.8 Å². The average Bonchev–Trinajstić information content (AvgIpc) is 2.56. The fraction of sp³-hybridized carbons (Fsp3) is 0.235. The van der Waals surface area contributed by atoms with Crippen molar-refractivity contribution in [2.75, 3.05) is 36.5 Å². The van der Waals surface area contributed by atoms with Gasteiger partial charge in [-0.25, -0.2) is 4.39 Å². The number of rotatable bonds is 3. The number of morpholine rings is 1. The predicted octanol–water partition coefficient (Wildman–Crippen LogP) is 3.57. The number of carbonyl (C=O) groups is 1. The van der Waals surface area contributed by atoms with Crippen molar-refractivity contribution in [3.05, 3.63) is 58.9 Å². The van der Waals surface area contributed by atoms with E-state index in [1.54, 1.807) is 30.3 Å². The van der Waals surface area contributed by atoms with Crippen LogP contribution >= 0.6 is 11.6 Å². The third kappa shape index (κ3) is 3.46. The highest BCUT2D eigenvalue weighted by molar-refractivity contribution is 6.34. The first-order valence-electron chi connectivity index (χ1n) is 7.34. The van der Waals surface area contributed by atoms with Crippen LogP contribution in [0.3, 0.4) is 0 Å². The molecule has 0 aliphatic carbocycles. The van der Waals surface area contributed by atoms with Gasteiger partial charge in [-0.3, -0.25) is 4.79 Å². The number of hydrogen-bond acceptors (Lipinski definition) is 3. The van der Waals surface area contributed by atoms with Crippen LogP contribution in [0.4, 0.5) is 15.8 Å². The van der Waals surface area contributed by atoms with E-state index in [4.69, 9.17) is 16.3 Å². The molecule has 0 spiro atoms. The molecule has 1 fully saturated rings. The molecule has 0 radical (unpaired) electrons. The molecule has 0 saturated carbocycles. The number of benzene rings is 2. The van der Waals surface area contributed by atoms with Crippen molar-refractivity contribution in [2.24, 2.45) is 0 Å². The first kappa shape index (κ1) is 15.8. The van der Waals surface area contributed by atoms with Crippen LogP contribution < -0.4 is 10.2 Å². The zero-order valence-corrected chi connectivity index (χ0v) is 13.1. The van der Waals surface area contributed by atoms with Crippen LogP contribution in [0.15, 0.2) is 42.5 Å². The largest absolute Gasteiger partial charge is 0.378 e. The van der Waals surface area contributed by atoms with Gasteiger partial charge in [0.2, 0.25) is 0 Å². The second kappa shape index (κ2) is 6.98. The molecule has 1 heterocycles. The van der Waals surface area contributed by atoms with Crippen molar-refractivity contribution in [3.8, 4) is 0 Å². The molecule has 1 N–H and O–H groups in total. The summed E-state index contributed by atoms with van der Waals surface area (Å²) in [6, 6.07) is 11.2. The molecule has 1 amide bonds. The molecule has 0 bridgehead atoms. The van der Waals surface area contributed by atoms with Crippen LogP contribution in [0.5, 0.6) is 0 Å². The molecule has 0 atom stereocenters. The molecular formula is C17H16ClFN2O2. The first-order valence-corrected chi connectivity index (χ1v) is 7.71. The number of nitrogens with zero attached hydrogens (tertiary/aromatic N) is 1. The number of nitrogens with one attached hydrogen (secondary N) is 1. The van der Waals surface area contributed by atoms with E-state index in [1.165, 1.54) is 12.1 Å². The molecule has 2 aromatic rings. The highest BCUT2D eigenvalue weighted by atomic mass is 35.5. The van der Waals surface area contributed by atoms with Crippen LogP contribution in [0.1, 0.15) is 10.4 Å². The molecule has 0 unspecified atom stereocenters. The predicted molar refractivity (Wildman–Crippen MR) is 88.8 cm³/mol. The Balaban J connectivity index is 1.89. The zero-order valence-electron chi connectivity index (χ0n) is 12.4. The molecule has 3 rings (SSSR count). The van der Waals surface area contributed by atoms with Crippen molar-refractivity contribution in [2.45, 2.75) is 0 Å². The van der Waals surface area contributed by atoms with Gasteiger partial charge in [0, 0.05) is 13.1 Å². The number of anilines is 2. The fourth-order valence-electron chi connectivity index (χ4n) is 2.56. The van der Waals surface area contributed by atoms with Crippen molar-refractivity contribution in [1.29, 1.82) is 0 Å². The molecule has 0 aromatic heterocycles. The minimum Gasteiger partial charge on any atom is -0.378 e. The summed E-state index contributed by atoms with van der Waals surface area (Å²) in [5.74, 6) is -1.06. The van der Waals surface area contributed by atoms with Crippen molar-refractivity contribution < 1.29 is 13.9 Å². The number of ether oxygens (including phenoxy) is 1. The number of halogens is 2. The average molecular weight is 335 g/mol. The number of hydrogen-bond donors (Lipinski definition) is 1. The van der Waals surface area contributed by atoms with Gasteiger partial charge in [0.1, 0.15) is 5.82 Å². The third-order valence-electron chi connectivity index (χ3n) is 3.68. The lowest BCUT2D eigenvalue weighted by Crippen LogP contribution is -2.37. The summed E-state index contributed by atoms with van der Waals surface area (Å²) >= 11 is 6.32. The third-order valence-corrected chi connectivity index (χ3v) is 3.99. The molecule has 23 heavy (non-hydrogen) atoms. The molecule has 6 heteroatoms. The number of amides is 1. The quantitative estimate of drug-likeness (QED) is 0.933. The van der Waals surface area contributed by atoms with Crippen molar-refractivity contribution >= 4 is 28.9 Å². The summed E-state index contributed by atoms with van der Waals surface area (Å²) in [6.45, 7) is 2.58. The first-order chi connectivity index (χ1) is 11.2. The van der Waals surface area contributed by atoms with Gasteiger partial charge in [-0.05, 0) is 24.3 Å². The van der Waals surface area contributed by atoms with Crippen LogP contribution in [0, 0.1) is 5.82 Å². The van der Waals surface area contributed by atoms with Crippen LogP contribution in [0.25, 0.3) is 0 Å². The molecular weight excluding hydrogens is 319 g/mol. The van der Waals surface area contributed by atoms with Gasteiger partial charge in [0.25, 0.3) is 5.91 Å². The topological polar surface area (TPSA) is 41.6 Å². The van der Waals surface area contributed by atoms with Gasteiger partial charge >= 0.3 is 0 Å². The molecule has 120 valence electrons. The van der Waals surface area contributed by atoms with Gasteiger partial charge in [0.15, 0.2) is 0 Å². The Kier molecular flexibility index (Phi) is 4.79. The van der Waals surface area contributed by atoms with Crippen LogP contribution in [-0.2, 0) is 4.74 Å². The Morgan fingerprint density at radius 3 is 2.61 bits per heavy atom. The van der Waals surface area contributed by atoms with E-state index in [2.05, 4.69) is 10.2 Å². The Hall–Kier alpha value is -2.11.